The largest absolute Gasteiger partial charge is 0.451 e. The van der Waals surface area contributed by atoms with Crippen LogP contribution in [0.25, 0.3) is 11.3 Å². The van der Waals surface area contributed by atoms with E-state index in [2.05, 4.69) is 5.32 Å². The number of carbonyl (C=O) groups is 1. The molecule has 2 aromatic carbocycles. The van der Waals surface area contributed by atoms with Crippen molar-refractivity contribution in [2.75, 3.05) is 0 Å². The van der Waals surface area contributed by atoms with Gasteiger partial charge in [0.15, 0.2) is 5.76 Å². The van der Waals surface area contributed by atoms with Crippen LogP contribution in [0.15, 0.2) is 59.0 Å². The first-order chi connectivity index (χ1) is 13.7. The molecule has 29 heavy (non-hydrogen) atoms. The third-order valence-corrected chi connectivity index (χ3v) is 3.98. The van der Waals surface area contributed by atoms with Gasteiger partial charge in [0.05, 0.1) is 11.6 Å². The summed E-state index contributed by atoms with van der Waals surface area (Å²) in [6.07, 6.45) is -4.54. The Hall–Kier alpha value is -3.67. The van der Waals surface area contributed by atoms with E-state index in [0.717, 1.165) is 24.3 Å². The van der Waals surface area contributed by atoms with Crippen molar-refractivity contribution in [3.8, 4) is 17.4 Å². The number of halogens is 5. The summed E-state index contributed by atoms with van der Waals surface area (Å²) in [4.78, 5) is 12.3. The molecule has 0 bridgehead atoms. The number of amides is 1. The van der Waals surface area contributed by atoms with Gasteiger partial charge in [0, 0.05) is 17.2 Å². The van der Waals surface area contributed by atoms with Crippen molar-refractivity contribution in [3.05, 3.63) is 83.1 Å². The maximum atomic E-state index is 13.8. The molecule has 1 amide bonds. The molecule has 4 nitrogen and oxygen atoms in total. The summed E-state index contributed by atoms with van der Waals surface area (Å²) in [6.45, 7) is 0. The maximum Gasteiger partial charge on any atom is 0.416 e. The van der Waals surface area contributed by atoms with Gasteiger partial charge in [-0.15, -0.1) is 0 Å². The summed E-state index contributed by atoms with van der Waals surface area (Å²) in [5.74, 6) is -3.03. The molecule has 3 aromatic rings. The second kappa shape index (κ2) is 7.75. The molecule has 9 heteroatoms. The van der Waals surface area contributed by atoms with Crippen molar-refractivity contribution in [2.24, 2.45) is 0 Å². The molecule has 1 atom stereocenters. The molecule has 0 aliphatic carbocycles. The number of furan rings is 1. The lowest BCUT2D eigenvalue weighted by atomic mass is 10.1. The van der Waals surface area contributed by atoms with Gasteiger partial charge in [-0.2, -0.15) is 18.4 Å². The van der Waals surface area contributed by atoms with Crippen molar-refractivity contribution < 1.29 is 31.2 Å². The standard InChI is InChI=1S/C20H11F5N2O2/c21-13-4-5-14(15(22)9-13)16(10-26)27-19(28)18-7-6-17(29-18)11-2-1-3-12(8-11)20(23,24)25/h1-9,16H,(H,27,28). The zero-order valence-corrected chi connectivity index (χ0v) is 14.4. The first-order valence-corrected chi connectivity index (χ1v) is 8.12. The molecule has 1 unspecified atom stereocenters. The predicted octanol–water partition coefficient (Wildman–Crippen LogP) is 5.24. The second-order valence-corrected chi connectivity index (χ2v) is 5.94. The van der Waals surface area contributed by atoms with Gasteiger partial charge in [-0.05, 0) is 30.3 Å². The van der Waals surface area contributed by atoms with Crippen LogP contribution in [0.3, 0.4) is 0 Å². The Bertz CT molecular complexity index is 1100. The molecule has 0 spiro atoms. The van der Waals surface area contributed by atoms with E-state index in [1.807, 2.05) is 0 Å². The molecule has 0 aliphatic heterocycles. The highest BCUT2D eigenvalue weighted by Gasteiger charge is 2.30. The fourth-order valence-electron chi connectivity index (χ4n) is 2.58. The first-order valence-electron chi connectivity index (χ1n) is 8.12. The summed E-state index contributed by atoms with van der Waals surface area (Å²) in [7, 11) is 0. The Morgan fingerprint density at radius 1 is 1.07 bits per heavy atom. The summed E-state index contributed by atoms with van der Waals surface area (Å²) in [5, 5.41) is 11.4. The monoisotopic (exact) mass is 406 g/mol. The van der Waals surface area contributed by atoms with Crippen LogP contribution in [0.4, 0.5) is 22.0 Å². The molecule has 1 N–H and O–H groups in total. The average Bonchev–Trinajstić information content (AvgIpc) is 3.16. The van der Waals surface area contributed by atoms with Crippen LogP contribution < -0.4 is 5.32 Å². The fraction of sp³-hybridized carbons (Fsp3) is 0.100. The Morgan fingerprint density at radius 2 is 1.83 bits per heavy atom. The zero-order valence-electron chi connectivity index (χ0n) is 14.4. The van der Waals surface area contributed by atoms with Gasteiger partial charge in [-0.1, -0.05) is 18.2 Å². The molecular weight excluding hydrogens is 395 g/mol. The number of nitrogens with zero attached hydrogens (tertiary/aromatic N) is 1. The van der Waals surface area contributed by atoms with E-state index in [1.54, 1.807) is 6.07 Å². The molecule has 148 valence electrons. The third kappa shape index (κ3) is 4.43. The van der Waals surface area contributed by atoms with Crippen LogP contribution in [0.5, 0.6) is 0 Å². The number of rotatable bonds is 4. The highest BCUT2D eigenvalue weighted by molar-refractivity contribution is 5.92. The number of nitrogens with one attached hydrogen (secondary N) is 1. The van der Waals surface area contributed by atoms with Gasteiger partial charge in [-0.3, -0.25) is 4.79 Å². The zero-order chi connectivity index (χ0) is 21.2. The molecular formula is C20H11F5N2O2. The van der Waals surface area contributed by atoms with E-state index in [4.69, 9.17) is 4.42 Å². The minimum absolute atomic E-state index is 0.00252. The minimum atomic E-state index is -4.54. The number of hydrogen-bond acceptors (Lipinski definition) is 3. The van der Waals surface area contributed by atoms with Crippen LogP contribution in [-0.4, -0.2) is 5.91 Å². The quantitative estimate of drug-likeness (QED) is 0.603. The van der Waals surface area contributed by atoms with Crippen LogP contribution >= 0.6 is 0 Å². The first kappa shape index (κ1) is 20.1. The molecule has 0 radical (unpaired) electrons. The van der Waals surface area contributed by atoms with Crippen LogP contribution in [0.1, 0.15) is 27.7 Å². The van der Waals surface area contributed by atoms with E-state index < -0.39 is 35.3 Å². The summed E-state index contributed by atoms with van der Waals surface area (Å²) in [6, 6.07) is 9.63. The van der Waals surface area contributed by atoms with Crippen molar-refractivity contribution in [1.29, 1.82) is 5.26 Å². The summed E-state index contributed by atoms with van der Waals surface area (Å²) < 4.78 is 70.7. The second-order valence-electron chi connectivity index (χ2n) is 5.94. The van der Waals surface area contributed by atoms with Gasteiger partial charge in [0.2, 0.25) is 0 Å². The molecule has 0 fully saturated rings. The topological polar surface area (TPSA) is 66.0 Å². The van der Waals surface area contributed by atoms with Gasteiger partial charge in [0.1, 0.15) is 23.4 Å². The Labute approximate surface area is 161 Å². The molecule has 1 heterocycles. The van der Waals surface area contributed by atoms with Gasteiger partial charge < -0.3 is 9.73 Å². The lowest BCUT2D eigenvalue weighted by Crippen LogP contribution is -2.28. The van der Waals surface area contributed by atoms with Crippen molar-refractivity contribution in [2.45, 2.75) is 12.2 Å². The lowest BCUT2D eigenvalue weighted by Gasteiger charge is -2.12. The van der Waals surface area contributed by atoms with Crippen LogP contribution in [0.2, 0.25) is 0 Å². The maximum absolute atomic E-state index is 13.8. The van der Waals surface area contributed by atoms with Crippen molar-refractivity contribution in [3.63, 3.8) is 0 Å². The SMILES string of the molecule is N#CC(NC(=O)c1ccc(-c2cccc(C(F)(F)F)c2)o1)c1ccc(F)cc1F. The molecule has 3 rings (SSSR count). The molecule has 1 aromatic heterocycles. The normalized spacial score (nSPS) is 12.3. The highest BCUT2D eigenvalue weighted by atomic mass is 19.4. The van der Waals surface area contributed by atoms with Gasteiger partial charge in [-0.25, -0.2) is 8.78 Å². The predicted molar refractivity (Wildman–Crippen MR) is 91.3 cm³/mol. The minimum Gasteiger partial charge on any atom is -0.451 e. The van der Waals surface area contributed by atoms with Crippen LogP contribution in [-0.2, 0) is 6.18 Å². The van der Waals surface area contributed by atoms with E-state index in [0.29, 0.717) is 6.07 Å². The van der Waals surface area contributed by atoms with Gasteiger partial charge in [0.25, 0.3) is 5.91 Å². The van der Waals surface area contributed by atoms with Gasteiger partial charge >= 0.3 is 6.18 Å². The number of alkyl halides is 3. The van der Waals surface area contributed by atoms with E-state index in [9.17, 15) is 32.0 Å². The number of carbonyl (C=O) groups excluding carboxylic acids is 1. The highest BCUT2D eigenvalue weighted by Crippen LogP contribution is 2.32. The lowest BCUT2D eigenvalue weighted by molar-refractivity contribution is -0.137. The fourth-order valence-corrected chi connectivity index (χ4v) is 2.58. The molecule has 0 saturated carbocycles. The van der Waals surface area contributed by atoms with E-state index in [1.165, 1.54) is 24.3 Å². The van der Waals surface area contributed by atoms with Crippen molar-refractivity contribution in [1.82, 2.24) is 5.32 Å². The summed E-state index contributed by atoms with van der Waals surface area (Å²) in [5.41, 5.74) is -1.03. The number of hydrogen-bond donors (Lipinski definition) is 1. The molecule has 0 saturated heterocycles. The average molecular weight is 406 g/mol. The Morgan fingerprint density at radius 3 is 2.48 bits per heavy atom. The van der Waals surface area contributed by atoms with Crippen LogP contribution in [0, 0.1) is 23.0 Å². The smallest absolute Gasteiger partial charge is 0.416 e. The van der Waals surface area contributed by atoms with E-state index in [-0.39, 0.29) is 22.6 Å². The summed E-state index contributed by atoms with van der Waals surface area (Å²) >= 11 is 0. The van der Waals surface area contributed by atoms with Crippen molar-refractivity contribution >= 4 is 5.91 Å². The Balaban J connectivity index is 1.81. The molecule has 0 aliphatic rings. The Kier molecular flexibility index (Phi) is 5.37. The third-order valence-electron chi connectivity index (χ3n) is 3.98. The van der Waals surface area contributed by atoms with E-state index >= 15 is 0 Å². The number of benzene rings is 2. The number of nitriles is 1.